The Bertz CT molecular complexity index is 459. The third-order valence-electron chi connectivity index (χ3n) is 2.00. The summed E-state index contributed by atoms with van der Waals surface area (Å²) in [5.41, 5.74) is 0. The van der Waals surface area contributed by atoms with Crippen molar-refractivity contribution >= 4 is 17.7 Å². The Labute approximate surface area is 111 Å². The van der Waals surface area contributed by atoms with Crippen molar-refractivity contribution in [3.8, 4) is 0 Å². The maximum absolute atomic E-state index is 12.4. The van der Waals surface area contributed by atoms with Crippen LogP contribution in [-0.2, 0) is 11.0 Å². The zero-order valence-corrected chi connectivity index (χ0v) is 11.3. The van der Waals surface area contributed by atoms with Crippen LogP contribution in [0, 0.1) is 0 Å². The fourth-order valence-corrected chi connectivity index (χ4v) is 1.94. The Balaban J connectivity index is 2.78. The largest absolute Gasteiger partial charge is 0.453 e. The van der Waals surface area contributed by atoms with Gasteiger partial charge in [0.25, 0.3) is 5.82 Å². The average Bonchev–Trinajstić information content (AvgIpc) is 2.58. The van der Waals surface area contributed by atoms with Gasteiger partial charge in [0, 0.05) is 6.04 Å². The van der Waals surface area contributed by atoms with Gasteiger partial charge in [0.1, 0.15) is 0 Å². The lowest BCUT2D eigenvalue weighted by molar-refractivity contribution is -0.146. The zero-order valence-electron chi connectivity index (χ0n) is 10.5. The van der Waals surface area contributed by atoms with Gasteiger partial charge >= 0.3 is 6.18 Å². The minimum atomic E-state index is -4.68. The molecule has 1 aromatic rings. The Kier molecular flexibility index (Phi) is 4.66. The number of aromatic nitrogens is 3. The maximum Gasteiger partial charge on any atom is 0.453 e. The van der Waals surface area contributed by atoms with Gasteiger partial charge in [-0.25, -0.2) is 4.68 Å². The van der Waals surface area contributed by atoms with E-state index in [0.29, 0.717) is 4.68 Å². The van der Waals surface area contributed by atoms with Gasteiger partial charge in [-0.05, 0) is 20.8 Å². The van der Waals surface area contributed by atoms with Crippen molar-refractivity contribution in [2.45, 2.75) is 43.4 Å². The molecule has 0 aliphatic rings. The van der Waals surface area contributed by atoms with Crippen LogP contribution in [0.25, 0.3) is 0 Å². The van der Waals surface area contributed by atoms with E-state index < -0.39 is 17.3 Å². The lowest BCUT2D eigenvalue weighted by atomic mass is 10.3. The van der Waals surface area contributed by atoms with Gasteiger partial charge in [0.15, 0.2) is 0 Å². The molecule has 19 heavy (non-hydrogen) atoms. The Morgan fingerprint density at radius 3 is 2.37 bits per heavy atom. The van der Waals surface area contributed by atoms with Crippen molar-refractivity contribution < 1.29 is 18.0 Å². The van der Waals surface area contributed by atoms with Crippen LogP contribution in [0.1, 0.15) is 26.6 Å². The molecule has 6 nitrogen and oxygen atoms in total. The first-order valence-electron chi connectivity index (χ1n) is 5.37. The molecule has 1 rings (SSSR count). The first-order valence-corrected chi connectivity index (χ1v) is 6.25. The van der Waals surface area contributed by atoms with Crippen LogP contribution in [0.5, 0.6) is 0 Å². The van der Waals surface area contributed by atoms with Crippen LogP contribution >= 0.6 is 11.8 Å². The molecule has 0 aliphatic carbocycles. The number of nitrogen functional groups attached to an aromatic ring is 1. The van der Waals surface area contributed by atoms with Crippen molar-refractivity contribution in [1.29, 1.82) is 0 Å². The molecule has 1 atom stereocenters. The molecule has 1 unspecified atom stereocenters. The van der Waals surface area contributed by atoms with E-state index in [1.807, 2.05) is 0 Å². The van der Waals surface area contributed by atoms with E-state index >= 15 is 0 Å². The van der Waals surface area contributed by atoms with E-state index in [0.717, 1.165) is 11.8 Å². The summed E-state index contributed by atoms with van der Waals surface area (Å²) in [4.78, 5) is 11.6. The average molecular weight is 297 g/mol. The number of hydrogen-bond acceptors (Lipinski definition) is 5. The Hall–Kier alpha value is -1.45. The molecule has 1 heterocycles. The SMILES string of the molecule is CC(C)NC(=O)C(C)Sc1nnc(C(F)(F)F)n1N. The van der Waals surface area contributed by atoms with Gasteiger partial charge in [-0.3, -0.25) is 4.79 Å². The smallest absolute Gasteiger partial charge is 0.353 e. The summed E-state index contributed by atoms with van der Waals surface area (Å²) in [6, 6.07) is -0.0583. The van der Waals surface area contributed by atoms with E-state index in [2.05, 4.69) is 15.5 Å². The topological polar surface area (TPSA) is 85.8 Å². The second-order valence-corrected chi connectivity index (χ2v) is 5.41. The van der Waals surface area contributed by atoms with Crippen molar-refractivity contribution in [3.05, 3.63) is 5.82 Å². The highest BCUT2D eigenvalue weighted by Gasteiger charge is 2.38. The number of thioether (sulfide) groups is 1. The van der Waals surface area contributed by atoms with Crippen molar-refractivity contribution in [2.24, 2.45) is 0 Å². The van der Waals surface area contributed by atoms with Gasteiger partial charge in [-0.1, -0.05) is 11.8 Å². The standard InChI is InChI=1S/C9H14F3N5OS/c1-4(2)14-6(18)5(3)19-8-16-15-7(17(8)13)9(10,11)12/h4-5H,13H2,1-3H3,(H,14,18). The zero-order chi connectivity index (χ0) is 14.8. The summed E-state index contributed by atoms with van der Waals surface area (Å²) in [7, 11) is 0. The van der Waals surface area contributed by atoms with E-state index in [-0.39, 0.29) is 17.1 Å². The number of alkyl halides is 3. The molecule has 108 valence electrons. The normalized spacial score (nSPS) is 13.6. The quantitative estimate of drug-likeness (QED) is 0.640. The molecule has 3 N–H and O–H groups in total. The van der Waals surface area contributed by atoms with E-state index in [9.17, 15) is 18.0 Å². The van der Waals surface area contributed by atoms with Crippen LogP contribution in [0.2, 0.25) is 0 Å². The molecule has 0 radical (unpaired) electrons. The maximum atomic E-state index is 12.4. The van der Waals surface area contributed by atoms with E-state index in [1.54, 1.807) is 20.8 Å². The molecule has 1 amide bonds. The van der Waals surface area contributed by atoms with Crippen molar-refractivity contribution in [2.75, 3.05) is 5.84 Å². The number of nitrogens with two attached hydrogens (primary N) is 1. The second-order valence-electron chi connectivity index (χ2n) is 4.10. The minimum Gasteiger partial charge on any atom is -0.353 e. The number of hydrogen-bond donors (Lipinski definition) is 2. The van der Waals surface area contributed by atoms with Gasteiger partial charge in [-0.2, -0.15) is 13.2 Å². The number of nitrogens with one attached hydrogen (secondary N) is 1. The summed E-state index contributed by atoms with van der Waals surface area (Å²) in [5, 5.41) is 8.15. The molecule has 0 aliphatic heterocycles. The summed E-state index contributed by atoms with van der Waals surface area (Å²) < 4.78 is 37.7. The lowest BCUT2D eigenvalue weighted by Gasteiger charge is -2.13. The van der Waals surface area contributed by atoms with Crippen LogP contribution < -0.4 is 11.2 Å². The number of nitrogens with zero attached hydrogens (tertiary/aromatic N) is 3. The van der Waals surface area contributed by atoms with Gasteiger partial charge in [-0.15, -0.1) is 10.2 Å². The Morgan fingerprint density at radius 2 is 1.95 bits per heavy atom. The minimum absolute atomic E-state index is 0.0583. The third kappa shape index (κ3) is 4.01. The monoisotopic (exact) mass is 297 g/mol. The summed E-state index contributed by atoms with van der Waals surface area (Å²) >= 11 is 0.810. The lowest BCUT2D eigenvalue weighted by Crippen LogP contribution is -2.36. The molecular weight excluding hydrogens is 283 g/mol. The Morgan fingerprint density at radius 1 is 1.37 bits per heavy atom. The van der Waals surface area contributed by atoms with Crippen LogP contribution in [0.15, 0.2) is 5.16 Å². The van der Waals surface area contributed by atoms with Crippen molar-refractivity contribution in [1.82, 2.24) is 20.2 Å². The second kappa shape index (κ2) is 5.68. The van der Waals surface area contributed by atoms with Gasteiger partial charge in [0.2, 0.25) is 11.1 Å². The van der Waals surface area contributed by atoms with Crippen LogP contribution in [0.3, 0.4) is 0 Å². The number of carbonyl (C=O) groups excluding carboxylic acids is 1. The van der Waals surface area contributed by atoms with Crippen LogP contribution in [-0.4, -0.2) is 32.1 Å². The van der Waals surface area contributed by atoms with Gasteiger partial charge in [0.05, 0.1) is 5.25 Å². The van der Waals surface area contributed by atoms with Gasteiger partial charge < -0.3 is 11.2 Å². The molecule has 10 heteroatoms. The van der Waals surface area contributed by atoms with Crippen LogP contribution in [0.4, 0.5) is 13.2 Å². The predicted octanol–water partition coefficient (Wildman–Crippen LogP) is 1.02. The molecule has 0 fully saturated rings. The predicted molar refractivity (Wildman–Crippen MR) is 63.8 cm³/mol. The highest BCUT2D eigenvalue weighted by Crippen LogP contribution is 2.29. The highest BCUT2D eigenvalue weighted by atomic mass is 32.2. The molecule has 0 saturated heterocycles. The number of carbonyl (C=O) groups is 1. The summed E-state index contributed by atoms with van der Waals surface area (Å²) in [6.07, 6.45) is -4.68. The fourth-order valence-electron chi connectivity index (χ4n) is 1.16. The molecule has 0 aromatic carbocycles. The molecule has 0 spiro atoms. The summed E-state index contributed by atoms with van der Waals surface area (Å²) in [6.45, 7) is 5.11. The first-order chi connectivity index (χ1) is 8.62. The molecule has 1 aromatic heterocycles. The first kappa shape index (κ1) is 15.6. The highest BCUT2D eigenvalue weighted by molar-refractivity contribution is 8.00. The fraction of sp³-hybridized carbons (Fsp3) is 0.667. The number of halogens is 3. The van der Waals surface area contributed by atoms with E-state index in [1.165, 1.54) is 0 Å². The number of amides is 1. The summed E-state index contributed by atoms with van der Waals surface area (Å²) in [5.74, 6) is 3.65. The molecule has 0 bridgehead atoms. The third-order valence-corrected chi connectivity index (χ3v) is 3.06. The van der Waals surface area contributed by atoms with E-state index in [4.69, 9.17) is 5.84 Å². The van der Waals surface area contributed by atoms with Crippen molar-refractivity contribution in [3.63, 3.8) is 0 Å². The molecule has 0 saturated carbocycles. The molecular formula is C9H14F3N5OS. The number of rotatable bonds is 4.